The normalized spacial score (nSPS) is 10.9. The zero-order valence-corrected chi connectivity index (χ0v) is 11.3. The topological polar surface area (TPSA) is 50.7 Å². The molecule has 1 rings (SSSR count). The van der Waals surface area contributed by atoms with Gasteiger partial charge in [0.25, 0.3) is 5.91 Å². The Labute approximate surface area is 112 Å². The van der Waals surface area contributed by atoms with Gasteiger partial charge in [-0.15, -0.1) is 0 Å². The van der Waals surface area contributed by atoms with Gasteiger partial charge in [0.05, 0.1) is 5.02 Å². The average molecular weight is 269 g/mol. The Morgan fingerprint density at radius 1 is 1.50 bits per heavy atom. The van der Waals surface area contributed by atoms with E-state index in [9.17, 15) is 4.79 Å². The maximum Gasteiger partial charge on any atom is 0.277 e. The van der Waals surface area contributed by atoms with Gasteiger partial charge in [-0.05, 0) is 24.5 Å². The van der Waals surface area contributed by atoms with Crippen molar-refractivity contribution in [2.24, 2.45) is 11.0 Å². The zero-order chi connectivity index (χ0) is 13.4. The first kappa shape index (κ1) is 14.5. The lowest BCUT2D eigenvalue weighted by Crippen LogP contribution is -2.24. The van der Waals surface area contributed by atoms with Gasteiger partial charge in [-0.1, -0.05) is 37.6 Å². The molecule has 0 aliphatic rings. The fraction of sp³-hybridized carbons (Fsp3) is 0.385. The molecule has 1 N–H and O–H groups in total. The Hall–Kier alpha value is -1.55. The van der Waals surface area contributed by atoms with E-state index in [2.05, 4.69) is 24.4 Å². The van der Waals surface area contributed by atoms with Crippen molar-refractivity contribution in [2.45, 2.75) is 20.3 Å². The first-order valence-electron chi connectivity index (χ1n) is 5.77. The van der Waals surface area contributed by atoms with Gasteiger partial charge in [0.2, 0.25) is 0 Å². The highest BCUT2D eigenvalue weighted by Crippen LogP contribution is 2.22. The van der Waals surface area contributed by atoms with Crippen molar-refractivity contribution in [3.63, 3.8) is 0 Å². The van der Waals surface area contributed by atoms with Crippen LogP contribution in [0.3, 0.4) is 0 Å². The number of nitrogens with one attached hydrogen (secondary N) is 1. The molecular weight excluding hydrogens is 252 g/mol. The third-order valence-corrected chi connectivity index (χ3v) is 2.37. The van der Waals surface area contributed by atoms with Crippen molar-refractivity contribution in [1.82, 2.24) is 5.43 Å². The van der Waals surface area contributed by atoms with Gasteiger partial charge in [0, 0.05) is 6.21 Å². The van der Waals surface area contributed by atoms with Crippen molar-refractivity contribution in [1.29, 1.82) is 0 Å². The van der Waals surface area contributed by atoms with Crippen LogP contribution in [0.25, 0.3) is 0 Å². The summed E-state index contributed by atoms with van der Waals surface area (Å²) in [5, 5.41) is 4.29. The van der Waals surface area contributed by atoms with Gasteiger partial charge in [0.1, 0.15) is 5.75 Å². The summed E-state index contributed by atoms with van der Waals surface area (Å²) in [6.07, 6.45) is 2.50. The molecule has 5 heteroatoms. The summed E-state index contributed by atoms with van der Waals surface area (Å²) in [4.78, 5) is 11.4. The summed E-state index contributed by atoms with van der Waals surface area (Å²) in [6, 6.07) is 7.00. The van der Waals surface area contributed by atoms with E-state index in [0.29, 0.717) is 16.7 Å². The molecule has 0 fully saturated rings. The second kappa shape index (κ2) is 7.71. The largest absolute Gasteiger partial charge is 0.482 e. The van der Waals surface area contributed by atoms with Gasteiger partial charge >= 0.3 is 0 Å². The number of nitrogens with zero attached hydrogens (tertiary/aromatic N) is 1. The Morgan fingerprint density at radius 3 is 2.89 bits per heavy atom. The number of ether oxygens (including phenoxy) is 1. The fourth-order valence-corrected chi connectivity index (χ4v) is 1.31. The zero-order valence-electron chi connectivity index (χ0n) is 10.5. The minimum atomic E-state index is -0.310. The second-order valence-corrected chi connectivity index (χ2v) is 4.60. The van der Waals surface area contributed by atoms with Gasteiger partial charge in [-0.3, -0.25) is 4.79 Å². The molecule has 0 saturated heterocycles. The summed E-state index contributed by atoms with van der Waals surface area (Å²) in [5.41, 5.74) is 2.39. The molecule has 1 aromatic rings. The molecule has 0 aliphatic heterocycles. The molecule has 0 bridgehead atoms. The van der Waals surface area contributed by atoms with Gasteiger partial charge in [-0.2, -0.15) is 5.10 Å². The lowest BCUT2D eigenvalue weighted by Gasteiger charge is -2.06. The van der Waals surface area contributed by atoms with Crippen LogP contribution >= 0.6 is 11.6 Å². The standard InChI is InChI=1S/C13H17ClN2O2/c1-10(2)7-8-15-16-13(17)9-18-12-6-4-3-5-11(12)14/h3-6,8,10H,7,9H2,1-2H3,(H,16,17). The molecule has 18 heavy (non-hydrogen) atoms. The van der Waals surface area contributed by atoms with E-state index in [1.807, 2.05) is 0 Å². The SMILES string of the molecule is CC(C)CC=NNC(=O)COc1ccccc1Cl. The number of hydrogen-bond acceptors (Lipinski definition) is 3. The first-order chi connectivity index (χ1) is 8.59. The van der Waals surface area contributed by atoms with Crippen molar-refractivity contribution in [2.75, 3.05) is 6.61 Å². The van der Waals surface area contributed by atoms with Crippen LogP contribution in [0.15, 0.2) is 29.4 Å². The van der Waals surface area contributed by atoms with E-state index in [1.54, 1.807) is 30.5 Å². The van der Waals surface area contributed by atoms with Crippen LogP contribution in [0.5, 0.6) is 5.75 Å². The number of hydrogen-bond donors (Lipinski definition) is 1. The van der Waals surface area contributed by atoms with Crippen LogP contribution < -0.4 is 10.2 Å². The molecule has 1 amide bonds. The number of para-hydroxylation sites is 1. The van der Waals surface area contributed by atoms with E-state index in [4.69, 9.17) is 16.3 Å². The summed E-state index contributed by atoms with van der Waals surface area (Å²) in [6.45, 7) is 4.05. The van der Waals surface area contributed by atoms with Crippen molar-refractivity contribution >= 4 is 23.7 Å². The lowest BCUT2D eigenvalue weighted by atomic mass is 10.2. The minimum Gasteiger partial charge on any atom is -0.482 e. The number of rotatable bonds is 6. The molecule has 0 aliphatic carbocycles. The van der Waals surface area contributed by atoms with E-state index in [-0.39, 0.29) is 12.5 Å². The highest BCUT2D eigenvalue weighted by Gasteiger charge is 2.03. The molecule has 98 valence electrons. The second-order valence-electron chi connectivity index (χ2n) is 4.20. The van der Waals surface area contributed by atoms with Crippen molar-refractivity contribution in [3.8, 4) is 5.75 Å². The molecular formula is C13H17ClN2O2. The molecule has 0 radical (unpaired) electrons. The average Bonchev–Trinajstić information content (AvgIpc) is 2.33. The maximum absolute atomic E-state index is 11.4. The molecule has 4 nitrogen and oxygen atoms in total. The summed E-state index contributed by atoms with van der Waals surface area (Å²) < 4.78 is 5.26. The highest BCUT2D eigenvalue weighted by atomic mass is 35.5. The Balaban J connectivity index is 2.29. The lowest BCUT2D eigenvalue weighted by molar-refractivity contribution is -0.123. The van der Waals surface area contributed by atoms with Crippen LogP contribution in [0.1, 0.15) is 20.3 Å². The molecule has 0 unspecified atom stereocenters. The summed E-state index contributed by atoms with van der Waals surface area (Å²) in [7, 11) is 0. The molecule has 0 aromatic heterocycles. The number of carbonyl (C=O) groups excluding carboxylic acids is 1. The molecule has 0 heterocycles. The third kappa shape index (κ3) is 5.68. The quantitative estimate of drug-likeness (QED) is 0.637. The smallest absolute Gasteiger partial charge is 0.277 e. The van der Waals surface area contributed by atoms with E-state index in [1.165, 1.54) is 0 Å². The predicted molar refractivity (Wildman–Crippen MR) is 73.0 cm³/mol. The van der Waals surface area contributed by atoms with Crippen molar-refractivity contribution in [3.05, 3.63) is 29.3 Å². The van der Waals surface area contributed by atoms with Gasteiger partial charge in [-0.25, -0.2) is 5.43 Å². The highest BCUT2D eigenvalue weighted by molar-refractivity contribution is 6.32. The third-order valence-electron chi connectivity index (χ3n) is 2.05. The number of hydrazone groups is 1. The minimum absolute atomic E-state index is 0.108. The first-order valence-corrected chi connectivity index (χ1v) is 6.15. The number of halogens is 1. The Kier molecular flexibility index (Phi) is 6.22. The van der Waals surface area contributed by atoms with E-state index in [0.717, 1.165) is 6.42 Å². The van der Waals surface area contributed by atoms with E-state index >= 15 is 0 Å². The van der Waals surface area contributed by atoms with Crippen LogP contribution in [0, 0.1) is 5.92 Å². The number of benzene rings is 1. The monoisotopic (exact) mass is 268 g/mol. The predicted octanol–water partition coefficient (Wildman–Crippen LogP) is 2.87. The molecule has 0 saturated carbocycles. The van der Waals surface area contributed by atoms with Crippen molar-refractivity contribution < 1.29 is 9.53 Å². The summed E-state index contributed by atoms with van der Waals surface area (Å²) in [5.74, 6) is 0.695. The van der Waals surface area contributed by atoms with Crippen LogP contribution in [0.2, 0.25) is 5.02 Å². The molecule has 0 atom stereocenters. The van der Waals surface area contributed by atoms with Gasteiger partial charge in [0.15, 0.2) is 6.61 Å². The Bertz CT molecular complexity index is 419. The molecule has 1 aromatic carbocycles. The number of amides is 1. The van der Waals surface area contributed by atoms with Gasteiger partial charge < -0.3 is 4.74 Å². The summed E-state index contributed by atoms with van der Waals surface area (Å²) >= 11 is 5.88. The van der Waals surface area contributed by atoms with Crippen LogP contribution in [-0.2, 0) is 4.79 Å². The fourth-order valence-electron chi connectivity index (χ4n) is 1.12. The Morgan fingerprint density at radius 2 is 2.22 bits per heavy atom. The molecule has 0 spiro atoms. The van der Waals surface area contributed by atoms with Crippen LogP contribution in [0.4, 0.5) is 0 Å². The van der Waals surface area contributed by atoms with E-state index < -0.39 is 0 Å². The number of carbonyl (C=O) groups is 1. The van der Waals surface area contributed by atoms with Crippen LogP contribution in [-0.4, -0.2) is 18.7 Å². The maximum atomic E-state index is 11.4.